The SMILES string of the molecule is O=C(c1ccccc1OC1CCN(Cc2ccc(F)c(F)c2)CC1)N1CCCCC1. The van der Waals surface area contributed by atoms with Gasteiger partial charge in [0.05, 0.1) is 5.56 Å². The Morgan fingerprint density at radius 2 is 1.67 bits per heavy atom. The number of rotatable bonds is 5. The van der Waals surface area contributed by atoms with E-state index >= 15 is 0 Å². The Morgan fingerprint density at radius 1 is 0.933 bits per heavy atom. The van der Waals surface area contributed by atoms with Crippen molar-refractivity contribution in [1.29, 1.82) is 0 Å². The maximum atomic E-state index is 13.4. The number of benzene rings is 2. The molecule has 0 saturated carbocycles. The lowest BCUT2D eigenvalue weighted by Gasteiger charge is -2.33. The molecule has 2 aromatic rings. The summed E-state index contributed by atoms with van der Waals surface area (Å²) in [6, 6.07) is 11.6. The number of para-hydroxylation sites is 1. The molecule has 0 bridgehead atoms. The Kier molecular flexibility index (Phi) is 6.62. The number of carbonyl (C=O) groups is 1. The smallest absolute Gasteiger partial charge is 0.257 e. The minimum atomic E-state index is -0.816. The fourth-order valence-electron chi connectivity index (χ4n) is 4.27. The van der Waals surface area contributed by atoms with Crippen LogP contribution in [0.4, 0.5) is 8.78 Å². The van der Waals surface area contributed by atoms with Crippen LogP contribution in [0.5, 0.6) is 5.75 Å². The van der Waals surface area contributed by atoms with E-state index in [0.29, 0.717) is 17.9 Å². The fourth-order valence-corrected chi connectivity index (χ4v) is 4.27. The minimum absolute atomic E-state index is 0.0431. The van der Waals surface area contributed by atoms with Gasteiger partial charge in [-0.2, -0.15) is 0 Å². The fraction of sp³-hybridized carbons (Fsp3) is 0.458. The van der Waals surface area contributed by atoms with Crippen molar-refractivity contribution in [2.24, 2.45) is 0 Å². The monoisotopic (exact) mass is 414 g/mol. The lowest BCUT2D eigenvalue weighted by atomic mass is 10.1. The first-order valence-electron chi connectivity index (χ1n) is 10.8. The molecule has 2 aliphatic rings. The van der Waals surface area contributed by atoms with Gasteiger partial charge >= 0.3 is 0 Å². The molecule has 2 aliphatic heterocycles. The summed E-state index contributed by atoms with van der Waals surface area (Å²) in [4.78, 5) is 17.1. The van der Waals surface area contributed by atoms with Crippen LogP contribution in [-0.2, 0) is 6.54 Å². The molecule has 30 heavy (non-hydrogen) atoms. The number of amides is 1. The van der Waals surface area contributed by atoms with Crippen LogP contribution in [0.3, 0.4) is 0 Å². The van der Waals surface area contributed by atoms with Crippen LogP contribution in [-0.4, -0.2) is 48.0 Å². The molecular weight excluding hydrogens is 386 g/mol. The minimum Gasteiger partial charge on any atom is -0.489 e. The highest BCUT2D eigenvalue weighted by atomic mass is 19.2. The molecule has 1 amide bonds. The van der Waals surface area contributed by atoms with Gasteiger partial charge in [-0.05, 0) is 61.9 Å². The van der Waals surface area contributed by atoms with Gasteiger partial charge in [-0.25, -0.2) is 8.78 Å². The van der Waals surface area contributed by atoms with Gasteiger partial charge in [0, 0.05) is 32.7 Å². The van der Waals surface area contributed by atoms with E-state index in [1.165, 1.54) is 18.6 Å². The van der Waals surface area contributed by atoms with E-state index in [-0.39, 0.29) is 12.0 Å². The Balaban J connectivity index is 1.34. The van der Waals surface area contributed by atoms with Crippen molar-refractivity contribution in [3.05, 3.63) is 65.2 Å². The topological polar surface area (TPSA) is 32.8 Å². The Morgan fingerprint density at radius 3 is 2.40 bits per heavy atom. The second kappa shape index (κ2) is 9.56. The number of ether oxygens (including phenoxy) is 1. The number of hydrogen-bond acceptors (Lipinski definition) is 3. The highest BCUT2D eigenvalue weighted by molar-refractivity contribution is 5.97. The summed E-state index contributed by atoms with van der Waals surface area (Å²) < 4.78 is 32.8. The molecule has 2 saturated heterocycles. The summed E-state index contributed by atoms with van der Waals surface area (Å²) >= 11 is 0. The molecule has 0 atom stereocenters. The molecule has 0 aliphatic carbocycles. The van der Waals surface area contributed by atoms with Crippen molar-refractivity contribution in [3.8, 4) is 5.75 Å². The van der Waals surface area contributed by atoms with Crippen LogP contribution in [0, 0.1) is 11.6 Å². The van der Waals surface area contributed by atoms with E-state index in [2.05, 4.69) is 4.90 Å². The summed E-state index contributed by atoms with van der Waals surface area (Å²) in [6.45, 7) is 3.84. The van der Waals surface area contributed by atoms with Crippen molar-refractivity contribution in [2.45, 2.75) is 44.8 Å². The standard InChI is InChI=1S/C24H28F2N2O2/c25-21-9-8-18(16-22(21)26)17-27-14-10-19(11-15-27)30-23-7-3-2-6-20(23)24(29)28-12-4-1-5-13-28/h2-3,6-9,16,19H,1,4-5,10-15,17H2. The van der Waals surface area contributed by atoms with E-state index < -0.39 is 11.6 Å². The second-order valence-electron chi connectivity index (χ2n) is 8.19. The van der Waals surface area contributed by atoms with Crippen LogP contribution in [0.2, 0.25) is 0 Å². The van der Waals surface area contributed by atoms with Gasteiger partial charge in [-0.15, -0.1) is 0 Å². The lowest BCUT2D eigenvalue weighted by molar-refractivity contribution is 0.0702. The molecule has 0 N–H and O–H groups in total. The average molecular weight is 414 g/mol. The van der Waals surface area contributed by atoms with E-state index in [0.717, 1.165) is 57.4 Å². The summed E-state index contributed by atoms with van der Waals surface area (Å²) in [6.07, 6.45) is 5.01. The van der Waals surface area contributed by atoms with Crippen LogP contribution in [0.15, 0.2) is 42.5 Å². The van der Waals surface area contributed by atoms with E-state index in [4.69, 9.17) is 4.74 Å². The molecule has 2 fully saturated rings. The number of likely N-dealkylation sites (tertiary alicyclic amines) is 2. The highest BCUT2D eigenvalue weighted by Crippen LogP contribution is 2.26. The largest absolute Gasteiger partial charge is 0.489 e. The van der Waals surface area contributed by atoms with Crippen LogP contribution in [0.25, 0.3) is 0 Å². The van der Waals surface area contributed by atoms with Crippen molar-refractivity contribution >= 4 is 5.91 Å². The number of carbonyl (C=O) groups excluding carboxylic acids is 1. The predicted octanol–water partition coefficient (Wildman–Crippen LogP) is 4.63. The Hall–Kier alpha value is -2.47. The van der Waals surface area contributed by atoms with Crippen LogP contribution < -0.4 is 4.74 Å². The third-order valence-corrected chi connectivity index (χ3v) is 5.98. The number of nitrogens with zero attached hydrogens (tertiary/aromatic N) is 2. The molecule has 4 nitrogen and oxygen atoms in total. The second-order valence-corrected chi connectivity index (χ2v) is 8.19. The molecule has 0 spiro atoms. The molecule has 0 radical (unpaired) electrons. The molecular formula is C24H28F2N2O2. The summed E-state index contributed by atoms with van der Waals surface area (Å²) in [5.74, 6) is -0.905. The molecule has 0 aromatic heterocycles. The lowest BCUT2D eigenvalue weighted by Crippen LogP contribution is -2.38. The first-order chi connectivity index (χ1) is 14.6. The van der Waals surface area contributed by atoms with Gasteiger partial charge in [0.1, 0.15) is 11.9 Å². The van der Waals surface area contributed by atoms with Gasteiger partial charge in [-0.1, -0.05) is 18.2 Å². The zero-order valence-corrected chi connectivity index (χ0v) is 17.2. The third-order valence-electron chi connectivity index (χ3n) is 5.98. The number of hydrogen-bond donors (Lipinski definition) is 0. The zero-order chi connectivity index (χ0) is 20.9. The quantitative estimate of drug-likeness (QED) is 0.715. The molecule has 6 heteroatoms. The number of halogens is 2. The van der Waals surface area contributed by atoms with Crippen molar-refractivity contribution in [2.75, 3.05) is 26.2 Å². The van der Waals surface area contributed by atoms with Crippen molar-refractivity contribution in [3.63, 3.8) is 0 Å². The van der Waals surface area contributed by atoms with Gasteiger partial charge in [-0.3, -0.25) is 9.69 Å². The first kappa shape index (κ1) is 20.8. The number of piperidine rings is 2. The summed E-state index contributed by atoms with van der Waals surface area (Å²) in [7, 11) is 0. The normalized spacial score (nSPS) is 18.4. The van der Waals surface area contributed by atoms with Gasteiger partial charge < -0.3 is 9.64 Å². The van der Waals surface area contributed by atoms with E-state index in [1.54, 1.807) is 6.07 Å². The highest BCUT2D eigenvalue weighted by Gasteiger charge is 2.25. The first-order valence-corrected chi connectivity index (χ1v) is 10.8. The maximum absolute atomic E-state index is 13.4. The van der Waals surface area contributed by atoms with Crippen molar-refractivity contribution < 1.29 is 18.3 Å². The maximum Gasteiger partial charge on any atom is 0.257 e. The molecule has 0 unspecified atom stereocenters. The Bertz CT molecular complexity index is 875. The average Bonchev–Trinajstić information content (AvgIpc) is 2.78. The van der Waals surface area contributed by atoms with Gasteiger partial charge in [0.25, 0.3) is 5.91 Å². The van der Waals surface area contributed by atoms with E-state index in [9.17, 15) is 13.6 Å². The van der Waals surface area contributed by atoms with Crippen LogP contribution in [0.1, 0.15) is 48.0 Å². The summed E-state index contributed by atoms with van der Waals surface area (Å²) in [5, 5.41) is 0. The molecule has 160 valence electrons. The molecule has 2 heterocycles. The van der Waals surface area contributed by atoms with Crippen molar-refractivity contribution in [1.82, 2.24) is 9.80 Å². The molecule has 4 rings (SSSR count). The van der Waals surface area contributed by atoms with E-state index in [1.807, 2.05) is 29.2 Å². The zero-order valence-electron chi connectivity index (χ0n) is 17.2. The Labute approximate surface area is 176 Å². The predicted molar refractivity (Wildman–Crippen MR) is 111 cm³/mol. The molecule has 2 aromatic carbocycles. The van der Waals surface area contributed by atoms with Gasteiger partial charge in [0.15, 0.2) is 11.6 Å². The summed E-state index contributed by atoms with van der Waals surface area (Å²) in [5.41, 5.74) is 1.41. The van der Waals surface area contributed by atoms with Gasteiger partial charge in [0.2, 0.25) is 0 Å². The third kappa shape index (κ3) is 4.98. The van der Waals surface area contributed by atoms with Crippen LogP contribution >= 0.6 is 0 Å².